The minimum atomic E-state index is 0.0248. The van der Waals surface area contributed by atoms with Gasteiger partial charge in [0.25, 0.3) is 5.91 Å². The molecule has 0 N–H and O–H groups in total. The second-order valence-corrected chi connectivity index (χ2v) is 6.80. The highest BCUT2D eigenvalue weighted by molar-refractivity contribution is 6.07. The van der Waals surface area contributed by atoms with Gasteiger partial charge in [0.1, 0.15) is 0 Å². The molecule has 0 saturated heterocycles. The van der Waals surface area contributed by atoms with E-state index in [1.165, 1.54) is 16.8 Å². The first-order valence-corrected chi connectivity index (χ1v) is 9.01. The van der Waals surface area contributed by atoms with Crippen LogP contribution in [0, 0.1) is 0 Å². The van der Waals surface area contributed by atoms with Crippen molar-refractivity contribution in [2.45, 2.75) is 12.8 Å². The zero-order valence-electron chi connectivity index (χ0n) is 14.4. The normalized spacial score (nSPS) is 15.1. The molecule has 0 radical (unpaired) electrons. The van der Waals surface area contributed by atoms with E-state index in [-0.39, 0.29) is 5.91 Å². The number of rotatable bonds is 2. The van der Waals surface area contributed by atoms with Crippen molar-refractivity contribution >= 4 is 23.0 Å². The summed E-state index contributed by atoms with van der Waals surface area (Å²) >= 11 is 0. The maximum Gasteiger partial charge on any atom is 0.259 e. The van der Waals surface area contributed by atoms with Gasteiger partial charge >= 0.3 is 0 Å². The third-order valence-corrected chi connectivity index (χ3v) is 5.30. The van der Waals surface area contributed by atoms with Crippen molar-refractivity contribution in [3.63, 3.8) is 0 Å². The molecule has 128 valence electrons. The van der Waals surface area contributed by atoms with Crippen LogP contribution < -0.4 is 9.80 Å². The number of hydrogen-bond donors (Lipinski definition) is 0. The summed E-state index contributed by atoms with van der Waals surface area (Å²) in [5, 5.41) is 0. The van der Waals surface area contributed by atoms with Gasteiger partial charge in [-0.2, -0.15) is 0 Å². The van der Waals surface area contributed by atoms with E-state index < -0.39 is 0 Å². The van der Waals surface area contributed by atoms with E-state index in [1.807, 2.05) is 35.4 Å². The van der Waals surface area contributed by atoms with Crippen LogP contribution in [0.2, 0.25) is 0 Å². The quantitative estimate of drug-likeness (QED) is 0.707. The molecule has 1 aromatic heterocycles. The molecule has 0 unspecified atom stereocenters. The van der Waals surface area contributed by atoms with Crippen molar-refractivity contribution in [1.82, 2.24) is 4.98 Å². The lowest BCUT2D eigenvalue weighted by Gasteiger charge is -2.21. The Bertz CT molecular complexity index is 998. The largest absolute Gasteiger partial charge is 0.340 e. The zero-order valence-corrected chi connectivity index (χ0v) is 14.4. The average molecular weight is 341 g/mol. The van der Waals surface area contributed by atoms with E-state index in [0.717, 1.165) is 37.3 Å². The second-order valence-electron chi connectivity index (χ2n) is 6.80. The number of hydrogen-bond acceptors (Lipinski definition) is 3. The van der Waals surface area contributed by atoms with Gasteiger partial charge in [0.05, 0.1) is 17.4 Å². The van der Waals surface area contributed by atoms with Gasteiger partial charge in [-0.15, -0.1) is 0 Å². The van der Waals surface area contributed by atoms with Crippen molar-refractivity contribution in [3.05, 3.63) is 83.7 Å². The van der Waals surface area contributed by atoms with Gasteiger partial charge in [0.15, 0.2) is 0 Å². The maximum absolute atomic E-state index is 13.1. The fraction of sp³-hybridized carbons (Fsp3) is 0.182. The predicted molar refractivity (Wildman–Crippen MR) is 103 cm³/mol. The summed E-state index contributed by atoms with van der Waals surface area (Å²) in [4.78, 5) is 21.6. The molecule has 2 aromatic carbocycles. The van der Waals surface area contributed by atoms with E-state index in [2.05, 4.69) is 40.2 Å². The molecule has 3 aromatic rings. The molecule has 0 aliphatic carbocycles. The molecule has 0 spiro atoms. The van der Waals surface area contributed by atoms with Crippen molar-refractivity contribution in [2.75, 3.05) is 22.9 Å². The van der Waals surface area contributed by atoms with Gasteiger partial charge in [0, 0.05) is 30.7 Å². The zero-order chi connectivity index (χ0) is 17.5. The Morgan fingerprint density at radius 3 is 2.38 bits per heavy atom. The lowest BCUT2D eigenvalue weighted by atomic mass is 10.1. The van der Waals surface area contributed by atoms with Gasteiger partial charge in [-0.1, -0.05) is 36.4 Å². The Morgan fingerprint density at radius 1 is 0.846 bits per heavy atom. The fourth-order valence-corrected chi connectivity index (χ4v) is 4.00. The predicted octanol–water partition coefficient (Wildman–Crippen LogP) is 3.98. The smallest absolute Gasteiger partial charge is 0.259 e. The SMILES string of the molecule is O=C(c1cncc(N2CCc3ccccc32)c1)N1CCc2ccccc21. The first-order valence-electron chi connectivity index (χ1n) is 9.01. The summed E-state index contributed by atoms with van der Waals surface area (Å²) < 4.78 is 0. The highest BCUT2D eigenvalue weighted by Crippen LogP contribution is 2.35. The molecule has 5 rings (SSSR count). The molecule has 2 aliphatic rings. The van der Waals surface area contributed by atoms with Crippen molar-refractivity contribution in [3.8, 4) is 0 Å². The Balaban J connectivity index is 1.47. The Morgan fingerprint density at radius 2 is 1.54 bits per heavy atom. The van der Waals surface area contributed by atoms with Crippen molar-refractivity contribution in [2.24, 2.45) is 0 Å². The number of nitrogens with zero attached hydrogens (tertiary/aromatic N) is 3. The molecular formula is C22H19N3O. The molecule has 1 amide bonds. The summed E-state index contributed by atoms with van der Waals surface area (Å²) in [5.41, 5.74) is 6.44. The third-order valence-electron chi connectivity index (χ3n) is 5.30. The highest BCUT2D eigenvalue weighted by atomic mass is 16.2. The Kier molecular flexibility index (Phi) is 3.49. The van der Waals surface area contributed by atoms with Crippen molar-refractivity contribution < 1.29 is 4.79 Å². The minimum absolute atomic E-state index is 0.0248. The number of benzene rings is 2. The van der Waals surface area contributed by atoms with Crippen LogP contribution >= 0.6 is 0 Å². The van der Waals surface area contributed by atoms with Crippen LogP contribution in [-0.2, 0) is 12.8 Å². The summed E-state index contributed by atoms with van der Waals surface area (Å²) in [5.74, 6) is 0.0248. The molecule has 0 saturated carbocycles. The molecule has 0 fully saturated rings. The number of anilines is 3. The lowest BCUT2D eigenvalue weighted by Crippen LogP contribution is -2.29. The molecule has 3 heterocycles. The number of fused-ring (bicyclic) bond motifs is 2. The van der Waals surface area contributed by atoms with E-state index in [0.29, 0.717) is 5.56 Å². The summed E-state index contributed by atoms with van der Waals surface area (Å²) in [6.07, 6.45) is 5.45. The molecular weight excluding hydrogens is 322 g/mol. The number of aromatic nitrogens is 1. The van der Waals surface area contributed by atoms with E-state index in [4.69, 9.17) is 0 Å². The standard InChI is InChI=1S/C22H19N3O/c26-22(25-12-10-17-6-2-4-8-21(17)25)18-13-19(15-23-14-18)24-11-9-16-5-1-3-7-20(16)24/h1-8,13-15H,9-12H2. The van der Waals surface area contributed by atoms with Gasteiger partial charge in [-0.3, -0.25) is 9.78 Å². The van der Waals surface area contributed by atoms with Gasteiger partial charge in [0.2, 0.25) is 0 Å². The topological polar surface area (TPSA) is 36.4 Å². The molecule has 0 atom stereocenters. The fourth-order valence-electron chi connectivity index (χ4n) is 4.00. The summed E-state index contributed by atoms with van der Waals surface area (Å²) in [7, 11) is 0. The van der Waals surface area contributed by atoms with E-state index in [1.54, 1.807) is 6.20 Å². The highest BCUT2D eigenvalue weighted by Gasteiger charge is 2.26. The van der Waals surface area contributed by atoms with Gasteiger partial charge < -0.3 is 9.80 Å². The summed E-state index contributed by atoms with van der Waals surface area (Å²) in [6, 6.07) is 18.5. The van der Waals surface area contributed by atoms with Crippen molar-refractivity contribution in [1.29, 1.82) is 0 Å². The maximum atomic E-state index is 13.1. The molecule has 2 aliphatic heterocycles. The Hall–Kier alpha value is -3.14. The van der Waals surface area contributed by atoms with Crippen LogP contribution in [0.15, 0.2) is 67.0 Å². The number of carbonyl (C=O) groups is 1. The average Bonchev–Trinajstić information content (AvgIpc) is 3.32. The monoisotopic (exact) mass is 341 g/mol. The van der Waals surface area contributed by atoms with E-state index in [9.17, 15) is 4.79 Å². The van der Waals surface area contributed by atoms with E-state index >= 15 is 0 Å². The molecule has 0 bridgehead atoms. The van der Waals surface area contributed by atoms with Gasteiger partial charge in [-0.25, -0.2) is 0 Å². The molecule has 26 heavy (non-hydrogen) atoms. The second kappa shape index (κ2) is 5.99. The van der Waals surface area contributed by atoms with Crippen LogP contribution in [0.25, 0.3) is 0 Å². The number of carbonyl (C=O) groups excluding carboxylic acids is 1. The summed E-state index contributed by atoms with van der Waals surface area (Å²) in [6.45, 7) is 1.65. The van der Waals surface area contributed by atoms with Crippen LogP contribution in [0.5, 0.6) is 0 Å². The lowest BCUT2D eigenvalue weighted by molar-refractivity contribution is 0.0989. The first-order chi connectivity index (χ1) is 12.8. The first kappa shape index (κ1) is 15.1. The van der Waals surface area contributed by atoms with Crippen LogP contribution in [-0.4, -0.2) is 24.0 Å². The number of pyridine rings is 1. The van der Waals surface area contributed by atoms with Gasteiger partial charge in [-0.05, 0) is 42.2 Å². The number of amides is 1. The number of para-hydroxylation sites is 2. The van der Waals surface area contributed by atoms with Crippen LogP contribution in [0.3, 0.4) is 0 Å². The third kappa shape index (κ3) is 2.37. The van der Waals surface area contributed by atoms with Crippen LogP contribution in [0.1, 0.15) is 21.5 Å². The minimum Gasteiger partial charge on any atom is -0.340 e. The molecule has 4 nitrogen and oxygen atoms in total. The Labute approximate surface area is 152 Å². The molecule has 4 heteroatoms. The van der Waals surface area contributed by atoms with Crippen LogP contribution in [0.4, 0.5) is 17.1 Å².